The predicted octanol–water partition coefficient (Wildman–Crippen LogP) is 2.60. The van der Waals surface area contributed by atoms with Crippen LogP contribution in [0.25, 0.3) is 10.9 Å². The normalized spacial score (nSPS) is 10.7. The minimum Gasteiger partial charge on any atom is -0.395 e. The molecule has 0 bridgehead atoms. The molecule has 2 rings (SSSR count). The second kappa shape index (κ2) is 4.68. The molecular formula is C12H13ClN2O. The van der Waals surface area contributed by atoms with Crippen molar-refractivity contribution in [2.24, 2.45) is 0 Å². The molecule has 0 saturated carbocycles. The summed E-state index contributed by atoms with van der Waals surface area (Å²) in [7, 11) is 0. The lowest BCUT2D eigenvalue weighted by Crippen LogP contribution is -2.06. The second-order valence-electron chi connectivity index (χ2n) is 3.62. The van der Waals surface area contributed by atoms with Gasteiger partial charge in [0.2, 0.25) is 0 Å². The second-order valence-corrected chi connectivity index (χ2v) is 4.06. The van der Waals surface area contributed by atoms with Crippen molar-refractivity contribution in [3.05, 3.63) is 35.0 Å². The minimum atomic E-state index is 0.101. The highest BCUT2D eigenvalue weighted by Gasteiger charge is 2.04. The van der Waals surface area contributed by atoms with Crippen molar-refractivity contribution >= 4 is 28.2 Å². The number of benzene rings is 1. The number of hydrogen-bond acceptors (Lipinski definition) is 3. The quantitative estimate of drug-likeness (QED) is 0.861. The Balaban J connectivity index is 2.55. The molecule has 1 aromatic heterocycles. The number of rotatable bonds is 3. The van der Waals surface area contributed by atoms with Gasteiger partial charge in [-0.05, 0) is 31.2 Å². The van der Waals surface area contributed by atoms with Gasteiger partial charge in [0.1, 0.15) is 0 Å². The van der Waals surface area contributed by atoms with Crippen molar-refractivity contribution in [3.8, 4) is 0 Å². The van der Waals surface area contributed by atoms with E-state index in [1.54, 1.807) is 0 Å². The number of halogens is 1. The molecule has 4 heteroatoms. The van der Waals surface area contributed by atoms with Gasteiger partial charge in [-0.15, -0.1) is 0 Å². The average molecular weight is 237 g/mol. The number of nitrogens with zero attached hydrogens (tertiary/aromatic N) is 1. The van der Waals surface area contributed by atoms with Gasteiger partial charge in [0.05, 0.1) is 12.1 Å². The first-order valence-electron chi connectivity index (χ1n) is 5.12. The van der Waals surface area contributed by atoms with E-state index in [9.17, 15) is 0 Å². The molecule has 0 aliphatic heterocycles. The number of fused-ring (bicyclic) bond motifs is 1. The fraction of sp³-hybridized carbons (Fsp3) is 0.250. The minimum absolute atomic E-state index is 0.101. The first-order valence-corrected chi connectivity index (χ1v) is 5.50. The van der Waals surface area contributed by atoms with Gasteiger partial charge in [-0.25, -0.2) is 0 Å². The molecule has 0 fully saturated rings. The summed E-state index contributed by atoms with van der Waals surface area (Å²) in [5.74, 6) is 0. The largest absolute Gasteiger partial charge is 0.395 e. The fourth-order valence-corrected chi connectivity index (χ4v) is 1.84. The van der Waals surface area contributed by atoms with E-state index in [1.807, 2.05) is 31.2 Å². The average Bonchev–Trinajstić information content (AvgIpc) is 2.26. The van der Waals surface area contributed by atoms with Crippen LogP contribution in [0.2, 0.25) is 5.02 Å². The van der Waals surface area contributed by atoms with Crippen LogP contribution in [0.4, 0.5) is 5.69 Å². The zero-order valence-corrected chi connectivity index (χ0v) is 9.75. The van der Waals surface area contributed by atoms with Gasteiger partial charge < -0.3 is 10.4 Å². The zero-order chi connectivity index (χ0) is 11.5. The van der Waals surface area contributed by atoms with Crippen LogP contribution in [-0.2, 0) is 0 Å². The molecule has 0 aliphatic rings. The molecule has 0 aliphatic carbocycles. The number of aliphatic hydroxyl groups is 1. The molecule has 16 heavy (non-hydrogen) atoms. The third kappa shape index (κ3) is 2.26. The molecular weight excluding hydrogens is 224 g/mol. The van der Waals surface area contributed by atoms with E-state index < -0.39 is 0 Å². The van der Waals surface area contributed by atoms with Crippen molar-refractivity contribution in [1.29, 1.82) is 0 Å². The third-order valence-corrected chi connectivity index (χ3v) is 2.56. The maximum absolute atomic E-state index is 8.82. The number of hydrogen-bond donors (Lipinski definition) is 2. The summed E-state index contributed by atoms with van der Waals surface area (Å²) < 4.78 is 0. The Bertz CT molecular complexity index is 514. The van der Waals surface area contributed by atoms with Gasteiger partial charge in [-0.2, -0.15) is 0 Å². The molecule has 2 N–H and O–H groups in total. The molecule has 0 saturated heterocycles. The van der Waals surface area contributed by atoms with Crippen LogP contribution >= 0.6 is 11.6 Å². The molecule has 0 unspecified atom stereocenters. The van der Waals surface area contributed by atoms with Gasteiger partial charge >= 0.3 is 0 Å². The van der Waals surface area contributed by atoms with Crippen LogP contribution in [0.5, 0.6) is 0 Å². The van der Waals surface area contributed by atoms with Crippen molar-refractivity contribution in [3.63, 3.8) is 0 Å². The highest BCUT2D eigenvalue weighted by atomic mass is 35.5. The van der Waals surface area contributed by atoms with Gasteiger partial charge in [-0.3, -0.25) is 4.98 Å². The molecule has 1 heterocycles. The van der Waals surface area contributed by atoms with Gasteiger partial charge in [0.25, 0.3) is 0 Å². The maximum atomic E-state index is 8.82. The highest BCUT2D eigenvalue weighted by molar-refractivity contribution is 6.31. The Hall–Kier alpha value is -1.32. The summed E-state index contributed by atoms with van der Waals surface area (Å²) in [5, 5.41) is 13.6. The molecule has 0 atom stereocenters. The van der Waals surface area contributed by atoms with Crippen molar-refractivity contribution in [2.75, 3.05) is 18.5 Å². The Morgan fingerprint density at radius 1 is 1.38 bits per heavy atom. The van der Waals surface area contributed by atoms with E-state index in [1.165, 1.54) is 0 Å². The van der Waals surface area contributed by atoms with Crippen LogP contribution in [0.1, 0.15) is 5.69 Å². The fourth-order valence-electron chi connectivity index (χ4n) is 1.67. The Morgan fingerprint density at radius 2 is 2.19 bits per heavy atom. The van der Waals surface area contributed by atoms with Crippen LogP contribution in [0.3, 0.4) is 0 Å². The van der Waals surface area contributed by atoms with Gasteiger partial charge in [0, 0.05) is 28.3 Å². The number of nitrogens with one attached hydrogen (secondary N) is 1. The smallest absolute Gasteiger partial charge is 0.0726 e. The van der Waals surface area contributed by atoms with E-state index in [2.05, 4.69) is 10.3 Å². The van der Waals surface area contributed by atoms with Crippen molar-refractivity contribution < 1.29 is 5.11 Å². The summed E-state index contributed by atoms with van der Waals surface area (Å²) in [6, 6.07) is 7.55. The number of aromatic nitrogens is 1. The van der Waals surface area contributed by atoms with Crippen molar-refractivity contribution in [1.82, 2.24) is 4.98 Å². The maximum Gasteiger partial charge on any atom is 0.0726 e. The summed E-state index contributed by atoms with van der Waals surface area (Å²) in [4.78, 5) is 4.42. The lowest BCUT2D eigenvalue weighted by Gasteiger charge is -2.09. The molecule has 0 spiro atoms. The predicted molar refractivity (Wildman–Crippen MR) is 67.1 cm³/mol. The standard InChI is InChI=1S/C12H13ClN2O/c1-8-6-12(14-4-5-16)10-7-9(13)2-3-11(10)15-8/h2-3,6-7,16H,4-5H2,1H3,(H,14,15). The summed E-state index contributed by atoms with van der Waals surface area (Å²) >= 11 is 5.96. The molecule has 3 nitrogen and oxygen atoms in total. The van der Waals surface area contributed by atoms with E-state index in [-0.39, 0.29) is 6.61 Å². The first kappa shape index (κ1) is 11.2. The van der Waals surface area contributed by atoms with Gasteiger partial charge in [0.15, 0.2) is 0 Å². The summed E-state index contributed by atoms with van der Waals surface area (Å²) in [6.07, 6.45) is 0. The van der Waals surface area contributed by atoms with E-state index in [4.69, 9.17) is 16.7 Å². The van der Waals surface area contributed by atoms with Crippen LogP contribution < -0.4 is 5.32 Å². The topological polar surface area (TPSA) is 45.1 Å². The SMILES string of the molecule is Cc1cc(NCCO)c2cc(Cl)ccc2n1. The van der Waals surface area contributed by atoms with E-state index in [0.717, 1.165) is 22.3 Å². The molecule has 1 aromatic carbocycles. The monoisotopic (exact) mass is 236 g/mol. The van der Waals surface area contributed by atoms with Crippen molar-refractivity contribution in [2.45, 2.75) is 6.92 Å². The number of anilines is 1. The van der Waals surface area contributed by atoms with Crippen LogP contribution in [0, 0.1) is 6.92 Å². The zero-order valence-electron chi connectivity index (χ0n) is 9.00. The lowest BCUT2D eigenvalue weighted by atomic mass is 10.1. The van der Waals surface area contributed by atoms with Gasteiger partial charge in [-0.1, -0.05) is 11.6 Å². The Kier molecular flexibility index (Phi) is 3.27. The number of aliphatic hydroxyl groups excluding tert-OH is 1. The van der Waals surface area contributed by atoms with Crippen LogP contribution in [0.15, 0.2) is 24.3 Å². The van der Waals surface area contributed by atoms with E-state index in [0.29, 0.717) is 11.6 Å². The number of aryl methyl sites for hydroxylation is 1. The third-order valence-electron chi connectivity index (χ3n) is 2.33. The first-order chi connectivity index (χ1) is 7.70. The summed E-state index contributed by atoms with van der Waals surface area (Å²) in [6.45, 7) is 2.56. The Morgan fingerprint density at radius 3 is 2.94 bits per heavy atom. The van der Waals surface area contributed by atoms with E-state index >= 15 is 0 Å². The van der Waals surface area contributed by atoms with Crippen LogP contribution in [-0.4, -0.2) is 23.2 Å². The highest BCUT2D eigenvalue weighted by Crippen LogP contribution is 2.25. The molecule has 84 valence electrons. The number of pyridine rings is 1. The lowest BCUT2D eigenvalue weighted by molar-refractivity contribution is 0.311. The molecule has 0 radical (unpaired) electrons. The Labute approximate surface area is 99.1 Å². The summed E-state index contributed by atoms with van der Waals surface area (Å²) in [5.41, 5.74) is 2.80. The molecule has 0 amide bonds. The molecule has 2 aromatic rings.